The summed E-state index contributed by atoms with van der Waals surface area (Å²) >= 11 is 1.05. The Labute approximate surface area is 194 Å². The van der Waals surface area contributed by atoms with E-state index in [-0.39, 0.29) is 17.4 Å². The molecule has 2 heterocycles. The first-order valence-electron chi connectivity index (χ1n) is 9.84. The summed E-state index contributed by atoms with van der Waals surface area (Å²) in [7, 11) is -3.86. The number of thiazole rings is 1. The molecule has 0 unspecified atom stereocenters. The number of hydrogen-bond acceptors (Lipinski definition) is 7. The number of benzene rings is 2. The fourth-order valence-corrected chi connectivity index (χ4v) is 5.52. The standard InChI is InChI=1S/C22H20N4O5S2/c27-21(28)16-31-20-4-1-3-18(13-20)15-25(33(29,30)22-23-10-12-32-22)14-17-5-7-19(8-6-17)26-11-2-9-24-26/h1-13H,14-16H2,(H,27,28). The molecule has 0 aliphatic carbocycles. The molecule has 2 aromatic carbocycles. The van der Waals surface area contributed by atoms with E-state index in [0.717, 1.165) is 22.6 Å². The molecule has 170 valence electrons. The van der Waals surface area contributed by atoms with E-state index in [1.54, 1.807) is 40.5 Å². The molecule has 0 aliphatic rings. The van der Waals surface area contributed by atoms with Crippen LogP contribution in [0.15, 0.2) is 82.9 Å². The average Bonchev–Trinajstić information content (AvgIpc) is 3.53. The van der Waals surface area contributed by atoms with Crippen LogP contribution in [0, 0.1) is 0 Å². The van der Waals surface area contributed by atoms with Crippen LogP contribution in [0.2, 0.25) is 0 Å². The Kier molecular flexibility index (Phi) is 6.82. The Bertz CT molecular complexity index is 1310. The molecule has 1 N–H and O–H groups in total. The minimum atomic E-state index is -3.86. The molecule has 0 radical (unpaired) electrons. The number of carboxylic acids is 1. The lowest BCUT2D eigenvalue weighted by Gasteiger charge is -2.21. The normalized spacial score (nSPS) is 11.5. The Hall–Kier alpha value is -3.54. The number of nitrogens with zero attached hydrogens (tertiary/aromatic N) is 4. The molecule has 33 heavy (non-hydrogen) atoms. The molecule has 0 saturated heterocycles. The topological polar surface area (TPSA) is 115 Å². The minimum Gasteiger partial charge on any atom is -0.482 e. The second-order valence-corrected chi connectivity index (χ2v) is 10.0. The van der Waals surface area contributed by atoms with Gasteiger partial charge in [-0.2, -0.15) is 9.40 Å². The molecule has 0 atom stereocenters. The zero-order valence-electron chi connectivity index (χ0n) is 17.3. The van der Waals surface area contributed by atoms with Crippen molar-refractivity contribution in [3.63, 3.8) is 0 Å². The molecule has 11 heteroatoms. The van der Waals surface area contributed by atoms with Gasteiger partial charge in [-0.25, -0.2) is 22.9 Å². The van der Waals surface area contributed by atoms with E-state index in [2.05, 4.69) is 10.1 Å². The van der Waals surface area contributed by atoms with Gasteiger partial charge in [0.05, 0.1) is 5.69 Å². The number of rotatable bonds is 10. The molecule has 0 bridgehead atoms. The van der Waals surface area contributed by atoms with Gasteiger partial charge in [0.15, 0.2) is 6.61 Å². The summed E-state index contributed by atoms with van der Waals surface area (Å²) < 4.78 is 34.9. The summed E-state index contributed by atoms with van der Waals surface area (Å²) in [4.78, 5) is 14.8. The van der Waals surface area contributed by atoms with Gasteiger partial charge in [-0.15, -0.1) is 11.3 Å². The van der Waals surface area contributed by atoms with Crippen molar-refractivity contribution in [2.24, 2.45) is 0 Å². The zero-order chi connectivity index (χ0) is 23.3. The van der Waals surface area contributed by atoms with Gasteiger partial charge < -0.3 is 9.84 Å². The van der Waals surface area contributed by atoms with Crippen molar-refractivity contribution < 1.29 is 23.1 Å². The van der Waals surface area contributed by atoms with Crippen molar-refractivity contribution in [3.05, 3.63) is 89.7 Å². The van der Waals surface area contributed by atoms with Crippen molar-refractivity contribution >= 4 is 27.3 Å². The van der Waals surface area contributed by atoms with Crippen molar-refractivity contribution in [2.45, 2.75) is 17.4 Å². The highest BCUT2D eigenvalue weighted by Gasteiger charge is 2.27. The molecule has 4 rings (SSSR count). The number of carbonyl (C=O) groups is 1. The Morgan fingerprint density at radius 2 is 1.85 bits per heavy atom. The maximum Gasteiger partial charge on any atom is 0.341 e. The van der Waals surface area contributed by atoms with Gasteiger partial charge in [-0.3, -0.25) is 0 Å². The smallest absolute Gasteiger partial charge is 0.341 e. The van der Waals surface area contributed by atoms with Crippen LogP contribution in [-0.4, -0.2) is 45.2 Å². The summed E-state index contributed by atoms with van der Waals surface area (Å²) in [6, 6.07) is 16.0. The predicted molar refractivity (Wildman–Crippen MR) is 122 cm³/mol. The molecule has 0 saturated carbocycles. The summed E-state index contributed by atoms with van der Waals surface area (Å²) in [5, 5.41) is 14.6. The van der Waals surface area contributed by atoms with E-state index in [9.17, 15) is 13.2 Å². The summed E-state index contributed by atoms with van der Waals surface area (Å²) in [6.45, 7) is -0.290. The van der Waals surface area contributed by atoms with Gasteiger partial charge in [-0.05, 0) is 41.5 Å². The van der Waals surface area contributed by atoms with Gasteiger partial charge in [0.2, 0.25) is 4.34 Å². The lowest BCUT2D eigenvalue weighted by Crippen LogP contribution is -2.30. The lowest BCUT2D eigenvalue weighted by atomic mass is 10.2. The van der Waals surface area contributed by atoms with E-state index >= 15 is 0 Å². The quantitative estimate of drug-likeness (QED) is 0.368. The number of sulfonamides is 1. The molecule has 2 aromatic heterocycles. The van der Waals surface area contributed by atoms with E-state index in [1.165, 1.54) is 10.5 Å². The average molecular weight is 485 g/mol. The van der Waals surface area contributed by atoms with E-state index < -0.39 is 22.6 Å². The first kappa shape index (κ1) is 22.6. The molecule has 9 nitrogen and oxygen atoms in total. The molecule has 0 aliphatic heterocycles. The van der Waals surface area contributed by atoms with Crippen molar-refractivity contribution in [3.8, 4) is 11.4 Å². The highest BCUT2D eigenvalue weighted by atomic mass is 32.2. The number of aliphatic carboxylic acids is 1. The number of ether oxygens (including phenoxy) is 1. The van der Waals surface area contributed by atoms with Crippen LogP contribution in [0.1, 0.15) is 11.1 Å². The summed E-state index contributed by atoms with van der Waals surface area (Å²) in [6.07, 6.45) is 4.97. The van der Waals surface area contributed by atoms with Gasteiger partial charge in [0, 0.05) is 37.1 Å². The number of aromatic nitrogens is 3. The molecular weight excluding hydrogens is 464 g/mol. The Balaban J connectivity index is 1.59. The van der Waals surface area contributed by atoms with Crippen LogP contribution in [0.4, 0.5) is 0 Å². The third-order valence-electron chi connectivity index (χ3n) is 4.65. The predicted octanol–water partition coefficient (Wildman–Crippen LogP) is 3.18. The molecule has 4 aromatic rings. The highest BCUT2D eigenvalue weighted by molar-refractivity contribution is 7.91. The van der Waals surface area contributed by atoms with Crippen LogP contribution in [0.5, 0.6) is 5.75 Å². The first-order valence-corrected chi connectivity index (χ1v) is 12.2. The monoisotopic (exact) mass is 484 g/mol. The lowest BCUT2D eigenvalue weighted by molar-refractivity contribution is -0.139. The fourth-order valence-electron chi connectivity index (χ4n) is 3.14. The molecule has 0 spiro atoms. The molecule has 0 fully saturated rings. The second-order valence-electron chi connectivity index (χ2n) is 7.02. The Morgan fingerprint density at radius 3 is 2.52 bits per heavy atom. The summed E-state index contributed by atoms with van der Waals surface area (Å²) in [5.41, 5.74) is 2.32. The number of carboxylic acid groups (broad SMARTS) is 1. The van der Waals surface area contributed by atoms with Crippen LogP contribution < -0.4 is 4.74 Å². The molecular formula is C22H20N4O5S2. The number of hydrogen-bond donors (Lipinski definition) is 1. The SMILES string of the molecule is O=C(O)COc1cccc(CN(Cc2ccc(-n3cccn3)cc2)S(=O)(=O)c2nccs2)c1. The van der Waals surface area contributed by atoms with Crippen LogP contribution in [0.25, 0.3) is 5.69 Å². The van der Waals surface area contributed by atoms with Gasteiger partial charge in [0.25, 0.3) is 10.0 Å². The van der Waals surface area contributed by atoms with Gasteiger partial charge in [0.1, 0.15) is 5.75 Å². The zero-order valence-corrected chi connectivity index (χ0v) is 18.9. The van der Waals surface area contributed by atoms with Crippen LogP contribution in [-0.2, 0) is 27.9 Å². The van der Waals surface area contributed by atoms with Crippen molar-refractivity contribution in [2.75, 3.05) is 6.61 Å². The second kappa shape index (κ2) is 9.94. The van der Waals surface area contributed by atoms with E-state index in [1.807, 2.05) is 36.5 Å². The Morgan fingerprint density at radius 1 is 1.06 bits per heavy atom. The largest absolute Gasteiger partial charge is 0.482 e. The van der Waals surface area contributed by atoms with Crippen molar-refractivity contribution in [1.82, 2.24) is 19.1 Å². The maximum absolute atomic E-state index is 13.3. The maximum atomic E-state index is 13.3. The van der Waals surface area contributed by atoms with Crippen molar-refractivity contribution in [1.29, 1.82) is 0 Å². The third kappa shape index (κ3) is 5.64. The third-order valence-corrected chi connectivity index (χ3v) is 7.62. The first-order chi connectivity index (χ1) is 15.9. The molecule has 0 amide bonds. The highest BCUT2D eigenvalue weighted by Crippen LogP contribution is 2.24. The van der Waals surface area contributed by atoms with E-state index in [0.29, 0.717) is 11.3 Å². The van der Waals surface area contributed by atoms with Crippen LogP contribution in [0.3, 0.4) is 0 Å². The van der Waals surface area contributed by atoms with E-state index in [4.69, 9.17) is 9.84 Å². The van der Waals surface area contributed by atoms with Gasteiger partial charge >= 0.3 is 5.97 Å². The fraction of sp³-hybridized carbons (Fsp3) is 0.136. The van der Waals surface area contributed by atoms with Crippen LogP contribution >= 0.6 is 11.3 Å². The summed E-state index contributed by atoms with van der Waals surface area (Å²) in [5.74, 6) is -0.739. The minimum absolute atomic E-state index is 0.00828. The van der Waals surface area contributed by atoms with Gasteiger partial charge in [-0.1, -0.05) is 24.3 Å².